The summed E-state index contributed by atoms with van der Waals surface area (Å²) >= 11 is 0. The number of hydrogen-bond acceptors (Lipinski definition) is 1. The van der Waals surface area contributed by atoms with E-state index in [0.717, 1.165) is 22.3 Å². The van der Waals surface area contributed by atoms with E-state index in [1.807, 2.05) is 39.0 Å². The molecule has 0 fully saturated rings. The number of aromatic nitrogens is 1. The van der Waals surface area contributed by atoms with Gasteiger partial charge in [-0.05, 0) is 31.0 Å². The minimum absolute atomic E-state index is 0.0753. The zero-order valence-corrected chi connectivity index (χ0v) is 10.5. The van der Waals surface area contributed by atoms with Gasteiger partial charge in [0.2, 0.25) is 5.91 Å². The van der Waals surface area contributed by atoms with Gasteiger partial charge in [0.25, 0.3) is 0 Å². The van der Waals surface area contributed by atoms with Gasteiger partial charge in [0.15, 0.2) is 0 Å². The van der Waals surface area contributed by atoms with Gasteiger partial charge in [-0.3, -0.25) is 4.79 Å². The van der Waals surface area contributed by atoms with Crippen molar-refractivity contribution in [2.45, 2.75) is 27.2 Å². The van der Waals surface area contributed by atoms with Crippen molar-refractivity contribution in [3.63, 3.8) is 0 Å². The van der Waals surface area contributed by atoms with Crippen LogP contribution in [-0.2, 0) is 4.79 Å². The second kappa shape index (κ2) is 4.62. The molecule has 0 saturated carbocycles. The van der Waals surface area contributed by atoms with Crippen LogP contribution in [0, 0.1) is 12.8 Å². The Bertz CT molecular complexity index is 540. The van der Waals surface area contributed by atoms with E-state index in [1.165, 1.54) is 0 Å². The first-order chi connectivity index (χ1) is 8.06. The molecule has 3 heteroatoms. The topological polar surface area (TPSA) is 44.9 Å². The molecule has 0 aliphatic carbocycles. The highest BCUT2D eigenvalue weighted by atomic mass is 16.1. The largest absolute Gasteiger partial charge is 0.359 e. The Morgan fingerprint density at radius 3 is 2.88 bits per heavy atom. The van der Waals surface area contributed by atoms with Crippen LogP contribution < -0.4 is 5.32 Å². The van der Waals surface area contributed by atoms with Crippen LogP contribution in [0.3, 0.4) is 0 Å². The smallest absolute Gasteiger partial charge is 0.224 e. The van der Waals surface area contributed by atoms with Crippen LogP contribution in [0.1, 0.15) is 26.0 Å². The van der Waals surface area contributed by atoms with Crippen molar-refractivity contribution in [3.05, 3.63) is 30.0 Å². The minimum Gasteiger partial charge on any atom is -0.359 e. The molecule has 0 unspecified atom stereocenters. The van der Waals surface area contributed by atoms with Crippen molar-refractivity contribution in [2.24, 2.45) is 5.92 Å². The Morgan fingerprint density at radius 2 is 2.18 bits per heavy atom. The van der Waals surface area contributed by atoms with E-state index in [0.29, 0.717) is 12.3 Å². The maximum Gasteiger partial charge on any atom is 0.224 e. The molecule has 0 atom stereocenters. The molecule has 1 aromatic heterocycles. The highest BCUT2D eigenvalue weighted by molar-refractivity contribution is 6.01. The Labute approximate surface area is 101 Å². The maximum absolute atomic E-state index is 11.8. The third kappa shape index (κ3) is 2.67. The Balaban J connectivity index is 2.26. The Kier molecular flexibility index (Phi) is 3.18. The fraction of sp³-hybridized carbons (Fsp3) is 0.357. The summed E-state index contributed by atoms with van der Waals surface area (Å²) in [6.45, 7) is 6.10. The van der Waals surface area contributed by atoms with Crippen molar-refractivity contribution in [2.75, 3.05) is 5.32 Å². The number of H-pyrrole nitrogens is 1. The number of anilines is 1. The highest BCUT2D eigenvalue weighted by Gasteiger charge is 2.08. The Hall–Kier alpha value is -1.77. The van der Waals surface area contributed by atoms with Crippen molar-refractivity contribution in [1.82, 2.24) is 4.98 Å². The molecule has 0 aliphatic rings. The number of aromatic amines is 1. The molecular formula is C14H18N2O. The van der Waals surface area contributed by atoms with Gasteiger partial charge < -0.3 is 10.3 Å². The summed E-state index contributed by atoms with van der Waals surface area (Å²) in [5.74, 6) is 0.452. The van der Waals surface area contributed by atoms with Crippen LogP contribution in [0.25, 0.3) is 10.9 Å². The third-order valence-corrected chi connectivity index (χ3v) is 2.67. The molecule has 90 valence electrons. The van der Waals surface area contributed by atoms with Crippen LogP contribution in [0.2, 0.25) is 0 Å². The first kappa shape index (κ1) is 11.7. The monoisotopic (exact) mass is 230 g/mol. The second-order valence-electron chi connectivity index (χ2n) is 4.87. The number of benzene rings is 1. The number of fused-ring (bicyclic) bond motifs is 1. The molecule has 3 nitrogen and oxygen atoms in total. The van der Waals surface area contributed by atoms with Crippen LogP contribution in [0.4, 0.5) is 5.69 Å². The molecule has 2 aromatic rings. The normalized spacial score (nSPS) is 11.1. The third-order valence-electron chi connectivity index (χ3n) is 2.67. The van der Waals surface area contributed by atoms with E-state index < -0.39 is 0 Å². The van der Waals surface area contributed by atoms with E-state index in [9.17, 15) is 4.79 Å². The molecule has 0 bridgehead atoms. The van der Waals surface area contributed by atoms with E-state index in [1.54, 1.807) is 0 Å². The van der Waals surface area contributed by atoms with Gasteiger partial charge in [-0.2, -0.15) is 0 Å². The lowest BCUT2D eigenvalue weighted by Gasteiger charge is -2.08. The van der Waals surface area contributed by atoms with Crippen LogP contribution in [-0.4, -0.2) is 10.9 Å². The number of carbonyl (C=O) groups is 1. The summed E-state index contributed by atoms with van der Waals surface area (Å²) in [4.78, 5) is 15.0. The lowest BCUT2D eigenvalue weighted by atomic mass is 10.1. The summed E-state index contributed by atoms with van der Waals surface area (Å²) in [6, 6.07) is 7.96. The van der Waals surface area contributed by atoms with Crippen molar-refractivity contribution < 1.29 is 4.79 Å². The number of rotatable bonds is 3. The average Bonchev–Trinajstić information content (AvgIpc) is 2.58. The zero-order valence-electron chi connectivity index (χ0n) is 10.5. The summed E-state index contributed by atoms with van der Waals surface area (Å²) in [6.07, 6.45) is 0.555. The quantitative estimate of drug-likeness (QED) is 0.833. The molecule has 0 saturated heterocycles. The van der Waals surface area contributed by atoms with E-state index in [-0.39, 0.29) is 5.91 Å². The summed E-state index contributed by atoms with van der Waals surface area (Å²) < 4.78 is 0. The van der Waals surface area contributed by atoms with Crippen molar-refractivity contribution in [1.29, 1.82) is 0 Å². The predicted molar refractivity (Wildman–Crippen MR) is 71.1 cm³/mol. The molecule has 2 rings (SSSR count). The molecule has 0 aliphatic heterocycles. The van der Waals surface area contributed by atoms with Gasteiger partial charge in [0.1, 0.15) is 0 Å². The molecule has 1 heterocycles. The van der Waals surface area contributed by atoms with Gasteiger partial charge in [-0.1, -0.05) is 19.9 Å². The number of carbonyl (C=O) groups excluding carboxylic acids is 1. The molecule has 17 heavy (non-hydrogen) atoms. The fourth-order valence-electron chi connectivity index (χ4n) is 1.98. The number of aryl methyl sites for hydroxylation is 1. The minimum atomic E-state index is 0.0753. The van der Waals surface area contributed by atoms with Gasteiger partial charge in [0, 0.05) is 23.0 Å². The maximum atomic E-state index is 11.8. The summed E-state index contributed by atoms with van der Waals surface area (Å²) in [5, 5.41) is 4.04. The highest BCUT2D eigenvalue weighted by Crippen LogP contribution is 2.24. The zero-order chi connectivity index (χ0) is 12.4. The summed E-state index contributed by atoms with van der Waals surface area (Å²) in [5.41, 5.74) is 3.05. The number of hydrogen-bond donors (Lipinski definition) is 2. The first-order valence-electron chi connectivity index (χ1n) is 5.94. The lowest BCUT2D eigenvalue weighted by Crippen LogP contribution is -2.13. The predicted octanol–water partition coefficient (Wildman–Crippen LogP) is 3.46. The first-order valence-corrected chi connectivity index (χ1v) is 5.94. The number of amides is 1. The molecular weight excluding hydrogens is 212 g/mol. The van der Waals surface area contributed by atoms with Crippen molar-refractivity contribution in [3.8, 4) is 0 Å². The van der Waals surface area contributed by atoms with Gasteiger partial charge >= 0.3 is 0 Å². The average molecular weight is 230 g/mol. The van der Waals surface area contributed by atoms with E-state index in [2.05, 4.69) is 16.4 Å². The SMILES string of the molecule is Cc1cc2c(NC(=O)CC(C)C)cccc2[nH]1. The second-order valence-corrected chi connectivity index (χ2v) is 4.87. The number of nitrogens with one attached hydrogen (secondary N) is 2. The van der Waals surface area contributed by atoms with Crippen molar-refractivity contribution >= 4 is 22.5 Å². The van der Waals surface area contributed by atoms with E-state index >= 15 is 0 Å². The standard InChI is InChI=1S/C14H18N2O/c1-9(2)7-14(17)16-13-6-4-5-12-11(13)8-10(3)15-12/h4-6,8-9,15H,7H2,1-3H3,(H,16,17). The molecule has 1 amide bonds. The van der Waals surface area contributed by atoms with Crippen LogP contribution >= 0.6 is 0 Å². The lowest BCUT2D eigenvalue weighted by molar-refractivity contribution is -0.116. The van der Waals surface area contributed by atoms with Gasteiger partial charge in [-0.25, -0.2) is 0 Å². The molecule has 1 aromatic carbocycles. The fourth-order valence-corrected chi connectivity index (χ4v) is 1.98. The van der Waals surface area contributed by atoms with Crippen LogP contribution in [0.5, 0.6) is 0 Å². The van der Waals surface area contributed by atoms with Crippen LogP contribution in [0.15, 0.2) is 24.3 Å². The molecule has 2 N–H and O–H groups in total. The van der Waals surface area contributed by atoms with Gasteiger partial charge in [-0.15, -0.1) is 0 Å². The van der Waals surface area contributed by atoms with E-state index in [4.69, 9.17) is 0 Å². The molecule has 0 spiro atoms. The molecule has 0 radical (unpaired) electrons. The Morgan fingerprint density at radius 1 is 1.41 bits per heavy atom. The summed E-state index contributed by atoms with van der Waals surface area (Å²) in [7, 11) is 0. The van der Waals surface area contributed by atoms with Gasteiger partial charge in [0.05, 0.1) is 5.69 Å².